The number of aromatic nitrogens is 2. The van der Waals surface area contributed by atoms with Crippen LogP contribution in [-0.2, 0) is 25.6 Å². The van der Waals surface area contributed by atoms with Gasteiger partial charge in [-0.3, -0.25) is 29.0 Å². The van der Waals surface area contributed by atoms with Gasteiger partial charge < -0.3 is 26.4 Å². The molecule has 0 unspecified atom stereocenters. The van der Waals surface area contributed by atoms with Crippen LogP contribution in [0.1, 0.15) is 28.2 Å². The van der Waals surface area contributed by atoms with E-state index in [1.165, 1.54) is 34.8 Å². The number of thiophene rings is 1. The first-order valence-corrected chi connectivity index (χ1v) is 13.1. The Kier molecular flexibility index (Phi) is 9.76. The van der Waals surface area contributed by atoms with E-state index in [9.17, 15) is 24.0 Å². The summed E-state index contributed by atoms with van der Waals surface area (Å²) >= 11 is 2.35. The van der Waals surface area contributed by atoms with Crippen LogP contribution in [0.4, 0.5) is 0 Å². The highest BCUT2D eigenvalue weighted by Gasteiger charge is 2.38. The van der Waals surface area contributed by atoms with Crippen LogP contribution < -0.4 is 16.4 Å². The normalized spacial score (nSPS) is 18.2. The molecule has 192 valence electrons. The Labute approximate surface area is 215 Å². The molecule has 5 N–H and O–H groups in total. The minimum absolute atomic E-state index is 0.0949. The van der Waals surface area contributed by atoms with Crippen molar-refractivity contribution in [2.24, 2.45) is 5.73 Å². The highest BCUT2D eigenvalue weighted by Crippen LogP contribution is 2.21. The Bertz CT molecular complexity index is 1080. The van der Waals surface area contributed by atoms with E-state index in [1.807, 2.05) is 17.5 Å². The molecule has 36 heavy (non-hydrogen) atoms. The maximum absolute atomic E-state index is 13.3. The fourth-order valence-electron chi connectivity index (χ4n) is 3.75. The second-order valence-corrected chi connectivity index (χ2v) is 10.0. The molecule has 0 radical (unpaired) electrons. The average molecular weight is 535 g/mol. The van der Waals surface area contributed by atoms with Crippen LogP contribution in [0, 0.1) is 0 Å². The predicted molar refractivity (Wildman–Crippen MR) is 132 cm³/mol. The van der Waals surface area contributed by atoms with Crippen molar-refractivity contribution >= 4 is 52.7 Å². The van der Waals surface area contributed by atoms with Crippen LogP contribution in [-0.4, -0.2) is 85.7 Å². The maximum atomic E-state index is 13.3. The number of hydrogen-bond donors (Lipinski definition) is 4. The molecule has 3 rings (SSSR count). The lowest BCUT2D eigenvalue weighted by atomic mass is 9.95. The molecular formula is C22H26N6O6S2. The van der Waals surface area contributed by atoms with E-state index in [-0.39, 0.29) is 36.6 Å². The van der Waals surface area contributed by atoms with Crippen molar-refractivity contribution in [2.75, 3.05) is 18.1 Å². The molecule has 0 saturated carbocycles. The second-order valence-electron chi connectivity index (χ2n) is 8.02. The average Bonchev–Trinajstić information content (AvgIpc) is 3.37. The summed E-state index contributed by atoms with van der Waals surface area (Å²) in [7, 11) is 0. The molecule has 1 aliphatic heterocycles. The van der Waals surface area contributed by atoms with Crippen LogP contribution in [0.3, 0.4) is 0 Å². The Balaban J connectivity index is 1.72. The van der Waals surface area contributed by atoms with Crippen LogP contribution >= 0.6 is 23.1 Å². The van der Waals surface area contributed by atoms with E-state index < -0.39 is 47.7 Å². The Hall–Kier alpha value is -3.52. The number of carbonyl (C=O) groups excluding carboxylic acids is 4. The highest BCUT2D eigenvalue weighted by molar-refractivity contribution is 8.00. The van der Waals surface area contributed by atoms with Crippen LogP contribution in [0.25, 0.3) is 0 Å². The lowest BCUT2D eigenvalue weighted by molar-refractivity contribution is -0.141. The Morgan fingerprint density at radius 2 is 2.06 bits per heavy atom. The zero-order valence-corrected chi connectivity index (χ0v) is 20.8. The molecule has 0 spiro atoms. The lowest BCUT2D eigenvalue weighted by Gasteiger charge is -2.39. The maximum Gasteiger partial charge on any atom is 0.313 e. The molecule has 1 fully saturated rings. The number of primary amides is 1. The zero-order valence-electron chi connectivity index (χ0n) is 19.2. The van der Waals surface area contributed by atoms with Crippen LogP contribution in [0.5, 0.6) is 0 Å². The van der Waals surface area contributed by atoms with Gasteiger partial charge in [0.15, 0.2) is 0 Å². The van der Waals surface area contributed by atoms with Gasteiger partial charge in [0.05, 0.1) is 17.7 Å². The molecule has 0 aliphatic carbocycles. The number of likely N-dealkylation sites (tertiary alicyclic amines) is 1. The molecule has 3 heterocycles. The first-order valence-electron chi connectivity index (χ1n) is 11.0. The summed E-state index contributed by atoms with van der Waals surface area (Å²) < 4.78 is 0. The number of rotatable bonds is 11. The van der Waals surface area contributed by atoms with E-state index in [0.717, 1.165) is 16.6 Å². The van der Waals surface area contributed by atoms with E-state index in [4.69, 9.17) is 10.8 Å². The van der Waals surface area contributed by atoms with Gasteiger partial charge in [-0.1, -0.05) is 6.07 Å². The minimum atomic E-state index is -1.05. The van der Waals surface area contributed by atoms with E-state index in [2.05, 4.69) is 20.6 Å². The third kappa shape index (κ3) is 7.75. The van der Waals surface area contributed by atoms with Crippen molar-refractivity contribution in [3.05, 3.63) is 46.7 Å². The van der Waals surface area contributed by atoms with Crippen molar-refractivity contribution in [3.8, 4) is 0 Å². The van der Waals surface area contributed by atoms with Gasteiger partial charge in [-0.2, -0.15) is 0 Å². The number of nitrogens with one attached hydrogen (secondary N) is 2. The molecular weight excluding hydrogens is 508 g/mol. The van der Waals surface area contributed by atoms with Gasteiger partial charge in [0.25, 0.3) is 5.91 Å². The summed E-state index contributed by atoms with van der Waals surface area (Å²) in [6.07, 6.45) is 4.82. The zero-order chi connectivity index (χ0) is 26.1. The third-order valence-corrected chi connectivity index (χ3v) is 7.25. The number of amides is 4. The topological polar surface area (TPSA) is 185 Å². The van der Waals surface area contributed by atoms with E-state index in [0.29, 0.717) is 6.42 Å². The Morgan fingerprint density at radius 3 is 2.69 bits per heavy atom. The minimum Gasteiger partial charge on any atom is -0.481 e. The molecule has 0 aromatic carbocycles. The predicted octanol–water partition coefficient (Wildman–Crippen LogP) is -0.342. The summed E-state index contributed by atoms with van der Waals surface area (Å²) in [6, 6.07) is 1.22. The quantitative estimate of drug-likeness (QED) is 0.299. The largest absolute Gasteiger partial charge is 0.481 e. The summed E-state index contributed by atoms with van der Waals surface area (Å²) in [5.74, 6) is -3.59. The number of carboxylic acids is 1. The van der Waals surface area contributed by atoms with Gasteiger partial charge in [0, 0.05) is 36.3 Å². The number of nitrogens with zero attached hydrogens (tertiary/aromatic N) is 3. The first kappa shape index (κ1) is 27.1. The molecule has 1 aliphatic rings. The Morgan fingerprint density at radius 1 is 1.25 bits per heavy atom. The summed E-state index contributed by atoms with van der Waals surface area (Å²) in [5.41, 5.74) is 5.64. The summed E-state index contributed by atoms with van der Waals surface area (Å²) in [4.78, 5) is 71.6. The number of aliphatic carboxylic acids is 1. The van der Waals surface area contributed by atoms with Crippen molar-refractivity contribution in [1.29, 1.82) is 0 Å². The SMILES string of the molecule is NC(=O)[C@H](Cc1cccs1)NC(=O)[C@@H]1C[C@@H](NC(=O)c2cnccn2)CCN1C(=O)CSCC(=O)O. The van der Waals surface area contributed by atoms with Gasteiger partial charge in [-0.25, -0.2) is 4.98 Å². The van der Waals surface area contributed by atoms with Crippen LogP contribution in [0.15, 0.2) is 36.1 Å². The smallest absolute Gasteiger partial charge is 0.313 e. The van der Waals surface area contributed by atoms with E-state index >= 15 is 0 Å². The van der Waals surface area contributed by atoms with Crippen molar-refractivity contribution < 1.29 is 29.1 Å². The second kappa shape index (κ2) is 13.0. The highest BCUT2D eigenvalue weighted by atomic mass is 32.2. The van der Waals surface area contributed by atoms with E-state index in [1.54, 1.807) is 0 Å². The van der Waals surface area contributed by atoms with Crippen molar-refractivity contribution in [3.63, 3.8) is 0 Å². The standard InChI is InChI=1S/C22H26N6O6S2/c23-20(32)15(9-14-2-1-7-36-14)27-22(34)17-8-13(26-21(33)16-10-24-4-5-25-16)3-6-28(17)18(29)11-35-12-19(30)31/h1-2,4-5,7,10,13,15,17H,3,6,8-9,11-12H2,(H2,23,32)(H,26,33)(H,27,34)(H,30,31)/t13-,15-,17-/m0/s1. The van der Waals surface area contributed by atoms with Crippen LogP contribution in [0.2, 0.25) is 0 Å². The third-order valence-electron chi connectivity index (χ3n) is 5.45. The van der Waals surface area contributed by atoms with Gasteiger partial charge >= 0.3 is 5.97 Å². The number of piperidine rings is 1. The number of carboxylic acid groups (broad SMARTS) is 1. The molecule has 2 aromatic heterocycles. The number of carbonyl (C=O) groups is 5. The number of thioether (sulfide) groups is 1. The molecule has 2 aromatic rings. The molecule has 1 saturated heterocycles. The first-order chi connectivity index (χ1) is 17.2. The van der Waals surface area contributed by atoms with Crippen molar-refractivity contribution in [2.45, 2.75) is 37.4 Å². The molecule has 0 bridgehead atoms. The summed E-state index contributed by atoms with van der Waals surface area (Å²) in [5, 5.41) is 16.2. The van der Waals surface area contributed by atoms with Gasteiger partial charge in [-0.15, -0.1) is 23.1 Å². The van der Waals surface area contributed by atoms with Crippen molar-refractivity contribution in [1.82, 2.24) is 25.5 Å². The van der Waals surface area contributed by atoms with Gasteiger partial charge in [0.1, 0.15) is 17.8 Å². The number of nitrogens with two attached hydrogens (primary N) is 1. The monoisotopic (exact) mass is 534 g/mol. The fraction of sp³-hybridized carbons (Fsp3) is 0.409. The summed E-state index contributed by atoms with van der Waals surface area (Å²) in [6.45, 7) is 0.155. The molecule has 3 atom stereocenters. The van der Waals surface area contributed by atoms with Gasteiger partial charge in [0.2, 0.25) is 17.7 Å². The lowest BCUT2D eigenvalue weighted by Crippen LogP contribution is -2.60. The molecule has 14 heteroatoms. The molecule has 4 amide bonds. The number of hydrogen-bond acceptors (Lipinski definition) is 9. The molecule has 12 nitrogen and oxygen atoms in total. The fourth-order valence-corrected chi connectivity index (χ4v) is 5.12. The van der Waals surface area contributed by atoms with Gasteiger partial charge in [-0.05, 0) is 24.3 Å².